The van der Waals surface area contributed by atoms with Gasteiger partial charge >= 0.3 is 11.8 Å². The fourth-order valence-electron chi connectivity index (χ4n) is 2.45. The van der Waals surface area contributed by atoms with E-state index in [9.17, 15) is 9.59 Å². The molecule has 4 N–H and O–H groups in total. The highest BCUT2D eigenvalue weighted by Gasteiger charge is 2.23. The molecule has 1 aliphatic rings. The minimum atomic E-state index is -1.07. The van der Waals surface area contributed by atoms with Gasteiger partial charge in [-0.3, -0.25) is 4.98 Å². The van der Waals surface area contributed by atoms with Crippen LogP contribution in [-0.4, -0.2) is 58.5 Å². The number of carboxylic acid groups (broad SMARTS) is 1. The molecule has 112 valence electrons. The maximum absolute atomic E-state index is 11.4. The minimum absolute atomic E-state index is 0.226. The van der Waals surface area contributed by atoms with Crippen molar-refractivity contribution in [2.45, 2.75) is 6.10 Å². The number of imidazole rings is 1. The zero-order valence-corrected chi connectivity index (χ0v) is 11.1. The van der Waals surface area contributed by atoms with Crippen LogP contribution in [0.4, 0.5) is 10.5 Å². The average Bonchev–Trinajstić information content (AvgIpc) is 2.85. The van der Waals surface area contributed by atoms with Gasteiger partial charge in [-0.05, 0) is 6.07 Å². The first-order chi connectivity index (χ1) is 10.1. The van der Waals surface area contributed by atoms with Crippen LogP contribution in [0.3, 0.4) is 0 Å². The Hall–Kier alpha value is -2.55. The second kappa shape index (κ2) is 5.44. The lowest BCUT2D eigenvalue weighted by atomic mass is 10.2. The van der Waals surface area contributed by atoms with E-state index in [0.29, 0.717) is 30.9 Å². The maximum Gasteiger partial charge on any atom is 0.404 e. The van der Waals surface area contributed by atoms with Gasteiger partial charge < -0.3 is 25.0 Å². The normalized spacial score (nSPS) is 18.9. The van der Waals surface area contributed by atoms with E-state index in [1.165, 1.54) is 0 Å². The summed E-state index contributed by atoms with van der Waals surface area (Å²) in [6.45, 7) is 1.91. The Kier molecular flexibility index (Phi) is 3.48. The van der Waals surface area contributed by atoms with E-state index >= 15 is 0 Å². The fourth-order valence-corrected chi connectivity index (χ4v) is 2.45. The Balaban J connectivity index is 1.81. The number of carbonyl (C=O) groups is 1. The summed E-state index contributed by atoms with van der Waals surface area (Å²) >= 11 is 0. The van der Waals surface area contributed by atoms with Crippen LogP contribution in [0.25, 0.3) is 11.2 Å². The number of aromatic nitrogens is 3. The minimum Gasteiger partial charge on any atom is -0.465 e. The third kappa shape index (κ3) is 2.82. The van der Waals surface area contributed by atoms with Crippen LogP contribution in [0.2, 0.25) is 0 Å². The Bertz CT molecular complexity index is 709. The Morgan fingerprint density at radius 3 is 3.24 bits per heavy atom. The molecule has 1 fully saturated rings. The summed E-state index contributed by atoms with van der Waals surface area (Å²) in [5.41, 5.74) is 1.70. The third-order valence-corrected chi connectivity index (χ3v) is 3.36. The molecular weight excluding hydrogens is 278 g/mol. The zero-order valence-electron chi connectivity index (χ0n) is 11.1. The lowest BCUT2D eigenvalue weighted by molar-refractivity contribution is 0.0411. The number of nitrogens with zero attached hydrogens (tertiary/aromatic N) is 2. The predicted molar refractivity (Wildman–Crippen MR) is 74.7 cm³/mol. The molecule has 1 atom stereocenters. The Morgan fingerprint density at radius 1 is 1.57 bits per heavy atom. The van der Waals surface area contributed by atoms with Crippen molar-refractivity contribution in [2.75, 3.05) is 31.1 Å². The van der Waals surface area contributed by atoms with Gasteiger partial charge in [0.15, 0.2) is 5.65 Å². The maximum atomic E-state index is 11.4. The van der Waals surface area contributed by atoms with Gasteiger partial charge in [0.1, 0.15) is 5.52 Å². The molecule has 0 aliphatic carbocycles. The van der Waals surface area contributed by atoms with Crippen molar-refractivity contribution in [3.05, 3.63) is 22.7 Å². The van der Waals surface area contributed by atoms with E-state index < -0.39 is 6.09 Å². The van der Waals surface area contributed by atoms with Gasteiger partial charge in [-0.1, -0.05) is 0 Å². The van der Waals surface area contributed by atoms with Crippen molar-refractivity contribution >= 4 is 22.9 Å². The van der Waals surface area contributed by atoms with Crippen LogP contribution in [0.15, 0.2) is 17.1 Å². The first-order valence-corrected chi connectivity index (χ1v) is 6.54. The van der Waals surface area contributed by atoms with E-state index in [1.54, 1.807) is 6.20 Å². The van der Waals surface area contributed by atoms with Crippen LogP contribution < -0.4 is 15.9 Å². The van der Waals surface area contributed by atoms with Crippen LogP contribution in [0.5, 0.6) is 0 Å². The highest BCUT2D eigenvalue weighted by molar-refractivity contribution is 5.85. The Morgan fingerprint density at radius 2 is 2.43 bits per heavy atom. The number of amides is 1. The molecule has 3 rings (SSSR count). The number of fused-ring (bicyclic) bond motifs is 1. The second-order valence-electron chi connectivity index (χ2n) is 4.76. The molecule has 9 nitrogen and oxygen atoms in total. The number of hydrogen-bond acceptors (Lipinski definition) is 5. The van der Waals surface area contributed by atoms with E-state index in [4.69, 9.17) is 9.84 Å². The van der Waals surface area contributed by atoms with Crippen LogP contribution in [0, 0.1) is 0 Å². The smallest absolute Gasteiger partial charge is 0.404 e. The third-order valence-electron chi connectivity index (χ3n) is 3.36. The van der Waals surface area contributed by atoms with Gasteiger partial charge in [0, 0.05) is 25.8 Å². The summed E-state index contributed by atoms with van der Waals surface area (Å²) in [6.07, 6.45) is 0.322. The van der Waals surface area contributed by atoms with E-state index in [1.807, 2.05) is 11.0 Å². The van der Waals surface area contributed by atoms with E-state index in [0.717, 1.165) is 5.69 Å². The highest BCUT2D eigenvalue weighted by Crippen LogP contribution is 2.23. The molecule has 0 bridgehead atoms. The highest BCUT2D eigenvalue weighted by atomic mass is 16.5. The van der Waals surface area contributed by atoms with Crippen LogP contribution >= 0.6 is 0 Å². The molecule has 1 unspecified atom stereocenters. The number of pyridine rings is 1. The summed E-state index contributed by atoms with van der Waals surface area (Å²) in [6, 6.07) is 1.82. The number of morpholine rings is 1. The summed E-state index contributed by atoms with van der Waals surface area (Å²) in [7, 11) is 0. The second-order valence-corrected chi connectivity index (χ2v) is 4.76. The van der Waals surface area contributed by atoms with Crippen molar-refractivity contribution in [1.82, 2.24) is 20.3 Å². The van der Waals surface area contributed by atoms with Gasteiger partial charge in [-0.2, -0.15) is 0 Å². The van der Waals surface area contributed by atoms with E-state index in [-0.39, 0.29) is 18.3 Å². The lowest BCUT2D eigenvalue weighted by Crippen LogP contribution is -2.47. The van der Waals surface area contributed by atoms with Gasteiger partial charge in [-0.25, -0.2) is 14.6 Å². The largest absolute Gasteiger partial charge is 0.465 e. The summed E-state index contributed by atoms with van der Waals surface area (Å²) in [5, 5.41) is 11.0. The van der Waals surface area contributed by atoms with E-state index in [2.05, 4.69) is 20.3 Å². The van der Waals surface area contributed by atoms with Crippen molar-refractivity contribution in [2.24, 2.45) is 0 Å². The number of hydrogen-bond donors (Lipinski definition) is 4. The Labute approximate surface area is 118 Å². The molecular formula is C12H15N5O4. The summed E-state index contributed by atoms with van der Waals surface area (Å²) in [5.74, 6) is 0. The molecule has 1 saturated heterocycles. The average molecular weight is 293 g/mol. The molecule has 0 radical (unpaired) electrons. The molecule has 9 heteroatoms. The summed E-state index contributed by atoms with van der Waals surface area (Å²) < 4.78 is 5.53. The molecule has 2 aromatic heterocycles. The number of nitrogens with one attached hydrogen (secondary N) is 3. The van der Waals surface area contributed by atoms with Crippen molar-refractivity contribution in [3.63, 3.8) is 0 Å². The molecule has 0 spiro atoms. The number of H-pyrrole nitrogens is 2. The van der Waals surface area contributed by atoms with Crippen molar-refractivity contribution < 1.29 is 14.6 Å². The van der Waals surface area contributed by atoms with Gasteiger partial charge in [-0.15, -0.1) is 0 Å². The molecule has 3 heterocycles. The molecule has 2 aromatic rings. The van der Waals surface area contributed by atoms with Gasteiger partial charge in [0.2, 0.25) is 0 Å². The van der Waals surface area contributed by atoms with Gasteiger partial charge in [0.25, 0.3) is 0 Å². The summed E-state index contributed by atoms with van der Waals surface area (Å²) in [4.78, 5) is 33.4. The molecule has 21 heavy (non-hydrogen) atoms. The van der Waals surface area contributed by atoms with Crippen molar-refractivity contribution in [1.29, 1.82) is 0 Å². The van der Waals surface area contributed by atoms with Gasteiger partial charge in [0.05, 0.1) is 18.4 Å². The number of anilines is 1. The number of rotatable bonds is 3. The lowest BCUT2D eigenvalue weighted by Gasteiger charge is -2.34. The molecule has 0 saturated carbocycles. The molecule has 0 aromatic carbocycles. The van der Waals surface area contributed by atoms with Crippen LogP contribution in [0.1, 0.15) is 0 Å². The molecule has 1 aliphatic heterocycles. The topological polar surface area (TPSA) is 123 Å². The fraction of sp³-hybridized carbons (Fsp3) is 0.417. The SMILES string of the molecule is O=C(O)NCC1CN(c2ccnc3[nH]c(=O)[nH]c23)CCO1. The standard InChI is InChI=1S/C12H15N5O4/c18-11-15-9-8(1-2-13-10(9)16-11)17-3-4-21-7(6-17)5-14-12(19)20/h1-2,7,14H,3-6H2,(H,19,20)(H2,13,15,16,18). The first kappa shape index (κ1) is 13.4. The van der Waals surface area contributed by atoms with Crippen molar-refractivity contribution in [3.8, 4) is 0 Å². The van der Waals surface area contributed by atoms with Crippen LogP contribution in [-0.2, 0) is 4.74 Å². The quantitative estimate of drug-likeness (QED) is 0.617. The monoisotopic (exact) mass is 293 g/mol. The first-order valence-electron chi connectivity index (χ1n) is 6.54. The number of aromatic amines is 2. The number of ether oxygens (including phenoxy) is 1. The predicted octanol–water partition coefficient (Wildman–Crippen LogP) is -0.276. The molecule has 1 amide bonds. The zero-order chi connectivity index (χ0) is 14.8.